The van der Waals surface area contributed by atoms with Gasteiger partial charge >= 0.3 is 0 Å². The smallest absolute Gasteiger partial charge is 0.0223 e. The molecule has 64 valence electrons. The zero-order chi connectivity index (χ0) is 6.10. The molecule has 0 aliphatic carbocycles. The first-order valence-corrected chi connectivity index (χ1v) is 3.32. The van der Waals surface area contributed by atoms with Gasteiger partial charge in [-0.3, -0.25) is 0 Å². The number of fused-ring (bicyclic) bond motifs is 1. The maximum Gasteiger partial charge on any atom is 0.0223 e. The molecule has 11 heavy (non-hydrogen) atoms. The second-order valence-electron chi connectivity index (χ2n) is 2.41. The lowest BCUT2D eigenvalue weighted by atomic mass is 10.1. The number of nitrogens with one attached hydrogen (secondary N) is 2. The van der Waals surface area contributed by atoms with Crippen LogP contribution in [0.5, 0.6) is 0 Å². The van der Waals surface area contributed by atoms with Crippen LogP contribution >= 0.6 is 24.8 Å². The number of halogens is 2. The molecule has 0 bridgehead atoms. The van der Waals surface area contributed by atoms with Crippen molar-refractivity contribution in [1.29, 1.82) is 0 Å². The maximum absolute atomic E-state index is 3.31. The molecule has 0 fully saturated rings. The van der Waals surface area contributed by atoms with Gasteiger partial charge in [0.15, 0.2) is 0 Å². The lowest BCUT2D eigenvalue weighted by Crippen LogP contribution is -2.22. The maximum atomic E-state index is 3.31. The van der Waals surface area contributed by atoms with Crippen molar-refractivity contribution < 1.29 is 0 Å². The Morgan fingerprint density at radius 2 is 2.09 bits per heavy atom. The number of H-pyrrole nitrogens is 1. The number of aromatic nitrogens is 1. The fourth-order valence-corrected chi connectivity index (χ4v) is 1.27. The summed E-state index contributed by atoms with van der Waals surface area (Å²) < 4.78 is 0. The number of hydrogen-bond acceptors (Lipinski definition) is 1. The van der Waals surface area contributed by atoms with Crippen LogP contribution in [0.3, 0.4) is 0 Å². The second kappa shape index (κ2) is 4.65. The zero-order valence-electron chi connectivity index (χ0n) is 6.09. The predicted molar refractivity (Wildman–Crippen MR) is 50.7 cm³/mol. The Hall–Kier alpha value is -0.180. The van der Waals surface area contributed by atoms with Crippen molar-refractivity contribution >= 4 is 24.8 Å². The number of rotatable bonds is 0. The number of aromatic amines is 1. The van der Waals surface area contributed by atoms with Crippen LogP contribution < -0.4 is 5.32 Å². The van der Waals surface area contributed by atoms with Crippen molar-refractivity contribution in [3.63, 3.8) is 0 Å². The van der Waals surface area contributed by atoms with Crippen LogP contribution in [-0.2, 0) is 13.0 Å². The molecule has 0 radical (unpaired) electrons. The van der Waals surface area contributed by atoms with E-state index >= 15 is 0 Å². The van der Waals surface area contributed by atoms with Crippen molar-refractivity contribution in [1.82, 2.24) is 10.3 Å². The summed E-state index contributed by atoms with van der Waals surface area (Å²) in [6, 6.07) is 2.14. The van der Waals surface area contributed by atoms with Gasteiger partial charge in [0.2, 0.25) is 0 Å². The Balaban J connectivity index is 0.000000500. The standard InChI is InChI=1S/C7H10N2.2ClH/c1-4-9-7-2-3-8-5-6(1)7;;/h1,4,8-9H,2-3,5H2;2*1H. The largest absolute Gasteiger partial charge is 0.365 e. The third kappa shape index (κ3) is 2.12. The highest BCUT2D eigenvalue weighted by Gasteiger charge is 2.06. The lowest BCUT2D eigenvalue weighted by Gasteiger charge is -2.11. The third-order valence-corrected chi connectivity index (χ3v) is 1.80. The summed E-state index contributed by atoms with van der Waals surface area (Å²) in [5.74, 6) is 0. The predicted octanol–water partition coefficient (Wildman–Crippen LogP) is 1.50. The van der Waals surface area contributed by atoms with Gasteiger partial charge in [0, 0.05) is 31.4 Å². The third-order valence-electron chi connectivity index (χ3n) is 1.80. The average Bonchev–Trinajstić information content (AvgIpc) is 2.33. The highest BCUT2D eigenvalue weighted by Crippen LogP contribution is 2.09. The van der Waals surface area contributed by atoms with E-state index in [0.29, 0.717) is 0 Å². The van der Waals surface area contributed by atoms with Crippen LogP contribution in [0.25, 0.3) is 0 Å². The minimum atomic E-state index is 0. The van der Waals surface area contributed by atoms with E-state index in [1.807, 2.05) is 6.20 Å². The Labute approximate surface area is 78.6 Å². The first kappa shape index (κ1) is 10.8. The summed E-state index contributed by atoms with van der Waals surface area (Å²) >= 11 is 0. The number of hydrogen-bond donors (Lipinski definition) is 2. The summed E-state index contributed by atoms with van der Waals surface area (Å²) in [7, 11) is 0. The SMILES string of the molecule is Cl.Cl.c1cc2c([nH]1)CCNC2. The molecule has 1 aliphatic heterocycles. The zero-order valence-corrected chi connectivity index (χ0v) is 7.73. The summed E-state index contributed by atoms with van der Waals surface area (Å²) in [4.78, 5) is 3.22. The molecule has 0 atom stereocenters. The van der Waals surface area contributed by atoms with E-state index in [-0.39, 0.29) is 24.8 Å². The van der Waals surface area contributed by atoms with Crippen molar-refractivity contribution in [2.24, 2.45) is 0 Å². The molecule has 2 N–H and O–H groups in total. The topological polar surface area (TPSA) is 27.8 Å². The van der Waals surface area contributed by atoms with E-state index in [4.69, 9.17) is 0 Å². The fraction of sp³-hybridized carbons (Fsp3) is 0.429. The molecule has 2 nitrogen and oxygen atoms in total. The van der Waals surface area contributed by atoms with Gasteiger partial charge in [-0.05, 0) is 11.6 Å². The van der Waals surface area contributed by atoms with Crippen molar-refractivity contribution in [2.45, 2.75) is 13.0 Å². The minimum Gasteiger partial charge on any atom is -0.365 e. The molecule has 0 unspecified atom stereocenters. The quantitative estimate of drug-likeness (QED) is 0.645. The van der Waals surface area contributed by atoms with E-state index < -0.39 is 0 Å². The summed E-state index contributed by atoms with van der Waals surface area (Å²) in [5.41, 5.74) is 2.84. The summed E-state index contributed by atoms with van der Waals surface area (Å²) in [6.45, 7) is 2.16. The molecule has 1 aromatic heterocycles. The van der Waals surface area contributed by atoms with Gasteiger partial charge in [0.05, 0.1) is 0 Å². The summed E-state index contributed by atoms with van der Waals surface area (Å²) in [6.07, 6.45) is 3.17. The van der Waals surface area contributed by atoms with Gasteiger partial charge in [-0.15, -0.1) is 24.8 Å². The molecule has 1 aromatic rings. The van der Waals surface area contributed by atoms with E-state index in [9.17, 15) is 0 Å². The molecule has 0 amide bonds. The van der Waals surface area contributed by atoms with Gasteiger partial charge in [-0.2, -0.15) is 0 Å². The molecule has 0 saturated heterocycles. The molecular weight excluding hydrogens is 183 g/mol. The molecule has 1 aliphatic rings. The lowest BCUT2D eigenvalue weighted by molar-refractivity contribution is 0.638. The Morgan fingerprint density at radius 1 is 1.27 bits per heavy atom. The molecule has 4 heteroatoms. The molecule has 2 heterocycles. The van der Waals surface area contributed by atoms with Crippen molar-refractivity contribution in [3.8, 4) is 0 Å². The monoisotopic (exact) mass is 194 g/mol. The normalized spacial score (nSPS) is 14.2. The van der Waals surface area contributed by atoms with Gasteiger partial charge < -0.3 is 10.3 Å². The van der Waals surface area contributed by atoms with Gasteiger partial charge in [0.25, 0.3) is 0 Å². The van der Waals surface area contributed by atoms with E-state index in [0.717, 1.165) is 19.5 Å². The Kier molecular flexibility index (Phi) is 4.57. The minimum absolute atomic E-state index is 0. The van der Waals surface area contributed by atoms with E-state index in [1.165, 1.54) is 11.3 Å². The Bertz CT molecular complexity index is 189. The molecular formula is C7H12Cl2N2. The van der Waals surface area contributed by atoms with Crippen molar-refractivity contribution in [2.75, 3.05) is 6.54 Å². The molecule has 0 spiro atoms. The van der Waals surface area contributed by atoms with Crippen LogP contribution in [0.1, 0.15) is 11.3 Å². The van der Waals surface area contributed by atoms with Gasteiger partial charge in [0.1, 0.15) is 0 Å². The molecule has 2 rings (SSSR count). The van der Waals surface area contributed by atoms with Crippen LogP contribution in [0, 0.1) is 0 Å². The van der Waals surface area contributed by atoms with Crippen LogP contribution in [-0.4, -0.2) is 11.5 Å². The fourth-order valence-electron chi connectivity index (χ4n) is 1.27. The second-order valence-corrected chi connectivity index (χ2v) is 2.41. The Morgan fingerprint density at radius 3 is 2.82 bits per heavy atom. The van der Waals surface area contributed by atoms with Crippen LogP contribution in [0.4, 0.5) is 0 Å². The first-order valence-electron chi connectivity index (χ1n) is 3.32. The van der Waals surface area contributed by atoms with E-state index in [1.54, 1.807) is 0 Å². The summed E-state index contributed by atoms with van der Waals surface area (Å²) in [5, 5.41) is 3.31. The van der Waals surface area contributed by atoms with E-state index in [2.05, 4.69) is 16.4 Å². The highest BCUT2D eigenvalue weighted by molar-refractivity contribution is 5.85. The molecule has 0 aromatic carbocycles. The molecule has 0 saturated carbocycles. The van der Waals surface area contributed by atoms with Crippen LogP contribution in [0.15, 0.2) is 12.3 Å². The first-order chi connectivity index (χ1) is 4.47. The van der Waals surface area contributed by atoms with Crippen molar-refractivity contribution in [3.05, 3.63) is 23.5 Å². The van der Waals surface area contributed by atoms with Gasteiger partial charge in [-0.25, -0.2) is 0 Å². The van der Waals surface area contributed by atoms with Crippen LogP contribution in [0.2, 0.25) is 0 Å². The average molecular weight is 195 g/mol. The highest BCUT2D eigenvalue weighted by atomic mass is 35.5. The van der Waals surface area contributed by atoms with Gasteiger partial charge in [-0.1, -0.05) is 0 Å².